The molecule has 0 saturated carbocycles. The Kier molecular flexibility index (Phi) is 4.15. The fraction of sp³-hybridized carbons (Fsp3) is 0.353. The fourth-order valence-electron chi connectivity index (χ4n) is 3.44. The van der Waals surface area contributed by atoms with Crippen molar-refractivity contribution in [3.8, 4) is 0 Å². The summed E-state index contributed by atoms with van der Waals surface area (Å²) in [5.74, 6) is -0.0642. The minimum Gasteiger partial charge on any atom is -0.337 e. The van der Waals surface area contributed by atoms with Crippen LogP contribution < -0.4 is 11.1 Å². The van der Waals surface area contributed by atoms with Crippen molar-refractivity contribution in [2.75, 3.05) is 13.1 Å². The lowest BCUT2D eigenvalue weighted by Crippen LogP contribution is -2.39. The summed E-state index contributed by atoms with van der Waals surface area (Å²) in [6.07, 6.45) is 4.47. The van der Waals surface area contributed by atoms with Crippen molar-refractivity contribution in [2.45, 2.75) is 25.7 Å². The smallest absolute Gasteiger partial charge is 0.264 e. The Hall–Kier alpha value is -2.81. The molecular formula is C17H17N5O3S. The highest BCUT2D eigenvalue weighted by atomic mass is 32.1. The first-order valence-corrected chi connectivity index (χ1v) is 9.17. The number of carbonyl (C=O) groups is 1. The summed E-state index contributed by atoms with van der Waals surface area (Å²) in [6, 6.07) is 1.49. The Morgan fingerprint density at radius 3 is 2.85 bits per heavy atom. The summed E-state index contributed by atoms with van der Waals surface area (Å²) in [5, 5.41) is 0.477. The van der Waals surface area contributed by atoms with Crippen LogP contribution in [-0.2, 0) is 0 Å². The maximum atomic E-state index is 13.1. The van der Waals surface area contributed by atoms with Gasteiger partial charge in [0.25, 0.3) is 17.0 Å². The third kappa shape index (κ3) is 2.84. The van der Waals surface area contributed by atoms with E-state index in [1.807, 2.05) is 0 Å². The van der Waals surface area contributed by atoms with E-state index in [2.05, 4.69) is 19.9 Å². The van der Waals surface area contributed by atoms with Gasteiger partial charge < -0.3 is 14.9 Å². The van der Waals surface area contributed by atoms with Crippen LogP contribution in [0.3, 0.4) is 0 Å². The van der Waals surface area contributed by atoms with E-state index in [4.69, 9.17) is 0 Å². The lowest BCUT2D eigenvalue weighted by atomic mass is 9.94. The van der Waals surface area contributed by atoms with Gasteiger partial charge in [0.15, 0.2) is 0 Å². The van der Waals surface area contributed by atoms with Gasteiger partial charge in [-0.25, -0.2) is 9.97 Å². The maximum Gasteiger partial charge on any atom is 0.264 e. The second kappa shape index (κ2) is 6.49. The quantitative estimate of drug-likeness (QED) is 0.707. The van der Waals surface area contributed by atoms with Crippen LogP contribution in [0.25, 0.3) is 10.2 Å². The molecule has 0 spiro atoms. The normalized spacial score (nSPS) is 17.6. The molecule has 1 amide bonds. The van der Waals surface area contributed by atoms with Gasteiger partial charge in [0, 0.05) is 25.1 Å². The molecule has 0 aromatic carbocycles. The molecule has 4 heterocycles. The predicted molar refractivity (Wildman–Crippen MR) is 97.7 cm³/mol. The molecule has 2 N–H and O–H groups in total. The third-order valence-electron chi connectivity index (χ3n) is 4.75. The minimum absolute atomic E-state index is 0.0335. The van der Waals surface area contributed by atoms with Crippen molar-refractivity contribution in [3.63, 3.8) is 0 Å². The van der Waals surface area contributed by atoms with Crippen LogP contribution in [-0.4, -0.2) is 43.8 Å². The zero-order chi connectivity index (χ0) is 18.3. The number of aromatic amines is 2. The number of aryl methyl sites for hydroxylation is 1. The summed E-state index contributed by atoms with van der Waals surface area (Å²) in [4.78, 5) is 53.0. The van der Waals surface area contributed by atoms with Crippen molar-refractivity contribution in [3.05, 3.63) is 55.6 Å². The van der Waals surface area contributed by atoms with Gasteiger partial charge >= 0.3 is 0 Å². The van der Waals surface area contributed by atoms with Crippen LogP contribution in [0.2, 0.25) is 0 Å². The number of aromatic nitrogens is 4. The van der Waals surface area contributed by atoms with Crippen molar-refractivity contribution >= 4 is 27.5 Å². The highest BCUT2D eigenvalue weighted by molar-refractivity contribution is 7.20. The summed E-state index contributed by atoms with van der Waals surface area (Å²) < 4.78 is 0. The van der Waals surface area contributed by atoms with Crippen LogP contribution in [0.4, 0.5) is 0 Å². The number of thiophene rings is 1. The van der Waals surface area contributed by atoms with Crippen LogP contribution in [0.15, 0.2) is 28.3 Å². The largest absolute Gasteiger partial charge is 0.337 e. The molecule has 1 atom stereocenters. The highest BCUT2D eigenvalue weighted by Gasteiger charge is 2.29. The fourth-order valence-corrected chi connectivity index (χ4v) is 4.55. The molecule has 1 aliphatic heterocycles. The molecule has 3 aromatic rings. The summed E-state index contributed by atoms with van der Waals surface area (Å²) >= 11 is 1.25. The van der Waals surface area contributed by atoms with Gasteiger partial charge in [-0.15, -0.1) is 11.3 Å². The van der Waals surface area contributed by atoms with E-state index in [0.29, 0.717) is 39.4 Å². The summed E-state index contributed by atoms with van der Waals surface area (Å²) in [7, 11) is 0. The van der Waals surface area contributed by atoms with E-state index in [-0.39, 0.29) is 22.9 Å². The zero-order valence-corrected chi connectivity index (χ0v) is 14.9. The Morgan fingerprint density at radius 1 is 1.27 bits per heavy atom. The molecule has 0 radical (unpaired) electrons. The molecule has 0 aliphatic carbocycles. The molecule has 26 heavy (non-hydrogen) atoms. The molecule has 9 heteroatoms. The standard InChI is InChI=1S/C17H17N5O3S/c1-9-13-15(24)20-8-21-16(13)26-14(9)17(25)22-4-2-3-10(6-22)11-5-12(23)19-7-18-11/h5,7-8,10H,2-4,6H2,1H3,(H,18,19,23)(H,20,21,24)/t10-/m1/s1. The molecule has 0 unspecified atom stereocenters. The minimum atomic E-state index is -0.230. The van der Waals surface area contributed by atoms with Crippen molar-refractivity contribution in [1.82, 2.24) is 24.8 Å². The first-order valence-electron chi connectivity index (χ1n) is 8.35. The second-order valence-electron chi connectivity index (χ2n) is 6.39. The molecule has 8 nitrogen and oxygen atoms in total. The van der Waals surface area contributed by atoms with Gasteiger partial charge in [0.1, 0.15) is 4.83 Å². The molecule has 1 saturated heterocycles. The predicted octanol–water partition coefficient (Wildman–Crippen LogP) is 1.40. The van der Waals surface area contributed by atoms with Gasteiger partial charge in [-0.2, -0.15) is 0 Å². The number of nitrogens with one attached hydrogen (secondary N) is 2. The van der Waals surface area contributed by atoms with Crippen molar-refractivity contribution in [2.24, 2.45) is 0 Å². The van der Waals surface area contributed by atoms with Gasteiger partial charge in [0.05, 0.1) is 28.6 Å². The number of piperidine rings is 1. The Morgan fingerprint density at radius 2 is 2.08 bits per heavy atom. The topological polar surface area (TPSA) is 112 Å². The number of hydrogen-bond donors (Lipinski definition) is 2. The molecule has 4 rings (SSSR count). The average molecular weight is 371 g/mol. The first kappa shape index (κ1) is 16.6. The van der Waals surface area contributed by atoms with Crippen molar-refractivity contribution < 1.29 is 4.79 Å². The number of hydrogen-bond acceptors (Lipinski definition) is 6. The number of rotatable bonds is 2. The van der Waals surface area contributed by atoms with E-state index in [1.165, 1.54) is 30.1 Å². The number of fused-ring (bicyclic) bond motifs is 1. The number of nitrogens with zero attached hydrogens (tertiary/aromatic N) is 3. The van der Waals surface area contributed by atoms with Crippen molar-refractivity contribution in [1.29, 1.82) is 0 Å². The second-order valence-corrected chi connectivity index (χ2v) is 7.39. The number of H-pyrrole nitrogens is 2. The van der Waals surface area contributed by atoms with Gasteiger partial charge in [-0.1, -0.05) is 0 Å². The van der Waals surface area contributed by atoms with Crippen LogP contribution >= 0.6 is 11.3 Å². The van der Waals surface area contributed by atoms with Gasteiger partial charge in [0.2, 0.25) is 0 Å². The average Bonchev–Trinajstić information content (AvgIpc) is 2.99. The van der Waals surface area contributed by atoms with E-state index in [0.717, 1.165) is 12.8 Å². The van der Waals surface area contributed by atoms with E-state index >= 15 is 0 Å². The number of likely N-dealkylation sites (tertiary alicyclic amines) is 1. The van der Waals surface area contributed by atoms with E-state index in [9.17, 15) is 14.4 Å². The highest BCUT2D eigenvalue weighted by Crippen LogP contribution is 2.31. The molecule has 1 aliphatic rings. The molecule has 0 bridgehead atoms. The van der Waals surface area contributed by atoms with Crippen LogP contribution in [0, 0.1) is 6.92 Å². The molecule has 3 aromatic heterocycles. The maximum absolute atomic E-state index is 13.1. The summed E-state index contributed by atoms with van der Waals surface area (Å²) in [5.41, 5.74) is 0.953. The Balaban J connectivity index is 1.64. The van der Waals surface area contributed by atoms with E-state index < -0.39 is 0 Å². The molecule has 1 fully saturated rings. The lowest BCUT2D eigenvalue weighted by Gasteiger charge is -2.32. The monoisotopic (exact) mass is 371 g/mol. The molecule has 134 valence electrons. The van der Waals surface area contributed by atoms with E-state index in [1.54, 1.807) is 11.8 Å². The van der Waals surface area contributed by atoms with Gasteiger partial charge in [-0.05, 0) is 25.3 Å². The summed E-state index contributed by atoms with van der Waals surface area (Å²) in [6.45, 7) is 2.94. The van der Waals surface area contributed by atoms with Crippen LogP contribution in [0.5, 0.6) is 0 Å². The Labute approximate surface area is 151 Å². The number of carbonyl (C=O) groups excluding carboxylic acids is 1. The Bertz CT molecular complexity index is 1100. The van der Waals surface area contributed by atoms with Crippen LogP contribution in [0.1, 0.15) is 39.7 Å². The zero-order valence-electron chi connectivity index (χ0n) is 14.1. The van der Waals surface area contributed by atoms with Gasteiger partial charge in [-0.3, -0.25) is 14.4 Å². The number of amides is 1. The SMILES string of the molecule is Cc1c(C(=O)N2CCC[C@@H](c3cc(=O)[nH]cn3)C2)sc2nc[nH]c(=O)c12. The lowest BCUT2D eigenvalue weighted by molar-refractivity contribution is 0.0710. The first-order chi connectivity index (χ1) is 12.5. The third-order valence-corrected chi connectivity index (χ3v) is 5.94. The molecular weight excluding hydrogens is 354 g/mol.